The highest BCUT2D eigenvalue weighted by molar-refractivity contribution is 6.32. The molecule has 3 aromatic rings. The van der Waals surface area contributed by atoms with Crippen LogP contribution >= 0.6 is 23.2 Å². The third kappa shape index (κ3) is 5.65. The molecule has 0 spiro atoms. The Balaban J connectivity index is 2.01. The lowest BCUT2D eigenvalue weighted by Crippen LogP contribution is -2.59. The molecule has 0 bridgehead atoms. The van der Waals surface area contributed by atoms with E-state index in [9.17, 15) is 22.8 Å². The van der Waals surface area contributed by atoms with E-state index in [1.54, 1.807) is 52.9 Å². The van der Waals surface area contributed by atoms with Crippen molar-refractivity contribution in [2.24, 2.45) is 7.05 Å². The van der Waals surface area contributed by atoms with Gasteiger partial charge in [0.1, 0.15) is 17.2 Å². The van der Waals surface area contributed by atoms with Gasteiger partial charge in [-0.1, -0.05) is 17.7 Å². The van der Waals surface area contributed by atoms with E-state index >= 15 is 0 Å². The number of fused-ring (bicyclic) bond motifs is 1. The Morgan fingerprint density at radius 2 is 1.73 bits per heavy atom. The number of ether oxygens (including phenoxy) is 2. The molecule has 1 aromatic heterocycles. The highest BCUT2D eigenvalue weighted by atomic mass is 35.5. The molecular weight excluding hydrogens is 534 g/mol. The van der Waals surface area contributed by atoms with Crippen molar-refractivity contribution < 1.29 is 32.2 Å². The lowest BCUT2D eigenvalue weighted by molar-refractivity contribution is -0.160. The maximum Gasteiger partial charge on any atom is 0.420 e. The van der Waals surface area contributed by atoms with Gasteiger partial charge in [-0.15, -0.1) is 11.6 Å². The van der Waals surface area contributed by atoms with Crippen LogP contribution < -0.4 is 10.1 Å². The predicted octanol–water partition coefficient (Wildman–Crippen LogP) is 5.99. The first kappa shape index (κ1) is 28.6. The van der Waals surface area contributed by atoms with Gasteiger partial charge >= 0.3 is 12.1 Å². The highest BCUT2D eigenvalue weighted by Gasteiger charge is 2.42. The topological polar surface area (TPSA) is 82.4 Å². The summed E-state index contributed by atoms with van der Waals surface area (Å²) < 4.78 is 52.5. The number of aromatic nitrogens is 2. The van der Waals surface area contributed by atoms with Crippen molar-refractivity contribution in [3.63, 3.8) is 0 Å². The van der Waals surface area contributed by atoms with Crippen molar-refractivity contribution in [1.29, 1.82) is 0 Å². The quantitative estimate of drug-likeness (QED) is 0.284. The van der Waals surface area contributed by atoms with E-state index in [0.717, 1.165) is 13.2 Å². The molecule has 0 aliphatic rings. The molecule has 0 fully saturated rings. The average Bonchev–Trinajstić information content (AvgIpc) is 3.13. The molecule has 0 saturated heterocycles. The van der Waals surface area contributed by atoms with Crippen molar-refractivity contribution in [2.75, 3.05) is 13.0 Å². The molecule has 0 radical (unpaired) electrons. The SMILES string of the molecule is COc1c(Cl)cc(-c2ccc3c(C(=O)NC(C)(C)C(C)(C)OC(=O)CCl)nn(C)c3c2)cc1C(F)(F)F. The van der Waals surface area contributed by atoms with Gasteiger partial charge in [0.15, 0.2) is 5.69 Å². The van der Waals surface area contributed by atoms with Gasteiger partial charge < -0.3 is 14.8 Å². The van der Waals surface area contributed by atoms with Crippen molar-refractivity contribution in [3.8, 4) is 16.9 Å². The van der Waals surface area contributed by atoms with E-state index < -0.39 is 40.5 Å². The summed E-state index contributed by atoms with van der Waals surface area (Å²) >= 11 is 11.6. The summed E-state index contributed by atoms with van der Waals surface area (Å²) in [4.78, 5) is 24.9. The minimum absolute atomic E-state index is 0.0975. The Hall–Kier alpha value is -2.98. The molecule has 200 valence electrons. The van der Waals surface area contributed by atoms with Crippen molar-refractivity contribution in [2.45, 2.75) is 45.0 Å². The van der Waals surface area contributed by atoms with Crippen molar-refractivity contribution in [3.05, 3.63) is 46.6 Å². The average molecular weight is 560 g/mol. The molecule has 2 aromatic carbocycles. The molecule has 1 N–H and O–H groups in total. The van der Waals surface area contributed by atoms with Crippen LogP contribution in [0.25, 0.3) is 22.0 Å². The Morgan fingerprint density at radius 1 is 1.08 bits per heavy atom. The predicted molar refractivity (Wildman–Crippen MR) is 135 cm³/mol. The van der Waals surface area contributed by atoms with Crippen LogP contribution in [0.5, 0.6) is 5.75 Å². The molecule has 0 aliphatic carbocycles. The van der Waals surface area contributed by atoms with Gasteiger partial charge in [-0.25, -0.2) is 0 Å². The van der Waals surface area contributed by atoms with Crippen molar-refractivity contribution in [1.82, 2.24) is 15.1 Å². The van der Waals surface area contributed by atoms with Crippen LogP contribution in [-0.4, -0.2) is 45.8 Å². The summed E-state index contributed by atoms with van der Waals surface area (Å²) in [6.45, 7) is 6.69. The Kier molecular flexibility index (Phi) is 7.77. The van der Waals surface area contributed by atoms with Crippen LogP contribution in [0.3, 0.4) is 0 Å². The number of carbonyl (C=O) groups excluding carboxylic acids is 2. The fourth-order valence-corrected chi connectivity index (χ4v) is 4.07. The Morgan fingerprint density at radius 3 is 2.30 bits per heavy atom. The summed E-state index contributed by atoms with van der Waals surface area (Å²) in [7, 11) is 2.73. The second kappa shape index (κ2) is 10.1. The number of aryl methyl sites for hydroxylation is 1. The zero-order valence-electron chi connectivity index (χ0n) is 21.0. The summed E-state index contributed by atoms with van der Waals surface area (Å²) in [5.74, 6) is -1.94. The van der Waals surface area contributed by atoms with Gasteiger partial charge in [-0.05, 0) is 63.1 Å². The van der Waals surface area contributed by atoms with E-state index in [-0.39, 0.29) is 22.2 Å². The lowest BCUT2D eigenvalue weighted by Gasteiger charge is -2.41. The second-order valence-electron chi connectivity index (χ2n) is 9.44. The first-order chi connectivity index (χ1) is 17.0. The number of nitrogens with one attached hydrogen (secondary N) is 1. The molecule has 1 amide bonds. The molecule has 12 heteroatoms. The number of rotatable bonds is 7. The van der Waals surface area contributed by atoms with Gasteiger partial charge in [0.25, 0.3) is 5.91 Å². The van der Waals surface area contributed by atoms with Gasteiger partial charge in [0.2, 0.25) is 0 Å². The number of carbonyl (C=O) groups is 2. The first-order valence-electron chi connectivity index (χ1n) is 11.0. The van der Waals surface area contributed by atoms with E-state index in [0.29, 0.717) is 16.5 Å². The molecule has 3 rings (SSSR count). The number of amides is 1. The van der Waals surface area contributed by atoms with Crippen LogP contribution in [0.1, 0.15) is 43.7 Å². The summed E-state index contributed by atoms with van der Waals surface area (Å²) in [5.41, 5.74) is -1.85. The smallest absolute Gasteiger partial charge is 0.420 e. The molecule has 37 heavy (non-hydrogen) atoms. The molecule has 1 heterocycles. The largest absolute Gasteiger partial charge is 0.495 e. The lowest BCUT2D eigenvalue weighted by atomic mass is 9.85. The summed E-state index contributed by atoms with van der Waals surface area (Å²) in [6.07, 6.45) is -4.68. The monoisotopic (exact) mass is 559 g/mol. The number of halogens is 5. The Labute approximate surface area is 221 Å². The second-order valence-corrected chi connectivity index (χ2v) is 10.1. The molecule has 7 nitrogen and oxygen atoms in total. The number of hydrogen-bond donors (Lipinski definition) is 1. The Bertz CT molecular complexity index is 1370. The highest BCUT2D eigenvalue weighted by Crippen LogP contribution is 2.43. The normalized spacial score (nSPS) is 12.5. The van der Waals surface area contributed by atoms with Crippen LogP contribution in [0, 0.1) is 0 Å². The maximum atomic E-state index is 13.6. The van der Waals surface area contributed by atoms with Gasteiger partial charge in [0, 0.05) is 12.4 Å². The van der Waals surface area contributed by atoms with Crippen LogP contribution in [0.2, 0.25) is 5.02 Å². The minimum atomic E-state index is -4.68. The molecule has 0 unspecified atom stereocenters. The number of esters is 1. The molecule has 0 atom stereocenters. The number of benzene rings is 2. The molecule has 0 saturated carbocycles. The zero-order chi connectivity index (χ0) is 27.9. The number of methoxy groups -OCH3 is 1. The van der Waals surface area contributed by atoms with E-state index in [2.05, 4.69) is 10.4 Å². The number of hydrogen-bond acceptors (Lipinski definition) is 5. The van der Waals surface area contributed by atoms with Crippen LogP contribution in [-0.2, 0) is 22.8 Å². The van der Waals surface area contributed by atoms with Crippen LogP contribution in [0.15, 0.2) is 30.3 Å². The van der Waals surface area contributed by atoms with Gasteiger partial charge in [-0.2, -0.15) is 18.3 Å². The maximum absolute atomic E-state index is 13.6. The van der Waals surface area contributed by atoms with E-state index in [1.165, 1.54) is 10.7 Å². The van der Waals surface area contributed by atoms with E-state index in [1.807, 2.05) is 0 Å². The van der Waals surface area contributed by atoms with Crippen molar-refractivity contribution >= 4 is 46.0 Å². The van der Waals surface area contributed by atoms with Gasteiger partial charge in [-0.3, -0.25) is 14.3 Å². The van der Waals surface area contributed by atoms with Crippen LogP contribution in [0.4, 0.5) is 13.2 Å². The fourth-order valence-electron chi connectivity index (χ4n) is 3.72. The molecular formula is C25H26Cl2F3N3O4. The fraction of sp³-hybridized carbons (Fsp3) is 0.400. The standard InChI is InChI=1S/C25H26Cl2F3N3O4/c1-23(2,24(3,4)37-19(34)12-26)31-22(35)20-15-8-7-13(11-18(15)33(5)32-20)14-9-16(25(28,29)30)21(36-6)17(27)10-14/h7-11H,12H2,1-6H3,(H,31,35). The van der Waals surface area contributed by atoms with Gasteiger partial charge in [0.05, 0.1) is 28.8 Å². The third-order valence-electron chi connectivity index (χ3n) is 6.36. The summed E-state index contributed by atoms with van der Waals surface area (Å²) in [5, 5.41) is 7.46. The zero-order valence-corrected chi connectivity index (χ0v) is 22.5. The summed E-state index contributed by atoms with van der Waals surface area (Å²) in [6, 6.07) is 7.14. The molecule has 0 aliphatic heterocycles. The number of alkyl halides is 4. The van der Waals surface area contributed by atoms with E-state index in [4.69, 9.17) is 32.7 Å². The number of nitrogens with zero attached hydrogens (tertiary/aromatic N) is 2. The first-order valence-corrected chi connectivity index (χ1v) is 12.0. The minimum Gasteiger partial charge on any atom is -0.495 e. The third-order valence-corrected chi connectivity index (χ3v) is 6.86.